The topological polar surface area (TPSA) is 54.9 Å². The summed E-state index contributed by atoms with van der Waals surface area (Å²) >= 11 is 5.86. The molecule has 0 saturated heterocycles. The SMILES string of the molecule is C[C@H](NC(=O)c1cnc(C2CC2)nc1)c1ccc(Cl)cc1. The van der Waals surface area contributed by atoms with E-state index in [0.717, 1.165) is 24.2 Å². The van der Waals surface area contributed by atoms with Crippen molar-refractivity contribution in [3.63, 3.8) is 0 Å². The highest BCUT2D eigenvalue weighted by molar-refractivity contribution is 6.30. The minimum Gasteiger partial charge on any atom is -0.345 e. The minimum atomic E-state index is -0.167. The standard InChI is InChI=1S/C16H16ClN3O/c1-10(11-4-6-14(17)7-5-11)20-16(21)13-8-18-15(19-9-13)12-2-3-12/h4-10,12H,2-3H2,1H3,(H,20,21)/t10-/m0/s1. The van der Waals surface area contributed by atoms with Crippen molar-refractivity contribution in [2.75, 3.05) is 0 Å². The number of hydrogen-bond acceptors (Lipinski definition) is 3. The molecule has 0 unspecified atom stereocenters. The number of amides is 1. The van der Waals surface area contributed by atoms with Gasteiger partial charge in [-0.3, -0.25) is 4.79 Å². The van der Waals surface area contributed by atoms with E-state index in [9.17, 15) is 4.79 Å². The summed E-state index contributed by atoms with van der Waals surface area (Å²) in [5.41, 5.74) is 1.49. The lowest BCUT2D eigenvalue weighted by Gasteiger charge is -2.14. The van der Waals surface area contributed by atoms with Gasteiger partial charge in [-0.1, -0.05) is 23.7 Å². The van der Waals surface area contributed by atoms with Gasteiger partial charge in [0.25, 0.3) is 5.91 Å². The van der Waals surface area contributed by atoms with E-state index in [2.05, 4.69) is 15.3 Å². The van der Waals surface area contributed by atoms with Gasteiger partial charge in [0.05, 0.1) is 11.6 Å². The third-order valence-corrected chi connectivity index (χ3v) is 3.85. The van der Waals surface area contributed by atoms with Crippen molar-refractivity contribution in [3.8, 4) is 0 Å². The quantitative estimate of drug-likeness (QED) is 0.940. The molecule has 1 atom stereocenters. The van der Waals surface area contributed by atoms with Crippen LogP contribution in [-0.2, 0) is 0 Å². The van der Waals surface area contributed by atoms with Gasteiger partial charge in [-0.15, -0.1) is 0 Å². The summed E-state index contributed by atoms with van der Waals surface area (Å²) in [6.45, 7) is 1.93. The van der Waals surface area contributed by atoms with E-state index in [1.807, 2.05) is 31.2 Å². The van der Waals surface area contributed by atoms with Gasteiger partial charge in [0.15, 0.2) is 0 Å². The number of hydrogen-bond donors (Lipinski definition) is 1. The lowest BCUT2D eigenvalue weighted by atomic mass is 10.1. The van der Waals surface area contributed by atoms with Gasteiger partial charge >= 0.3 is 0 Å². The molecule has 0 spiro atoms. The largest absolute Gasteiger partial charge is 0.345 e. The second-order valence-electron chi connectivity index (χ2n) is 5.35. The fourth-order valence-corrected chi connectivity index (χ4v) is 2.25. The van der Waals surface area contributed by atoms with Crippen LogP contribution in [0.1, 0.15) is 53.5 Å². The number of nitrogens with zero attached hydrogens (tertiary/aromatic N) is 2. The van der Waals surface area contributed by atoms with Gasteiger partial charge < -0.3 is 5.32 Å². The Bertz CT molecular complexity index is 636. The molecule has 1 aliphatic rings. The molecule has 5 heteroatoms. The molecule has 3 rings (SSSR count). The smallest absolute Gasteiger partial charge is 0.254 e. The van der Waals surface area contributed by atoms with Crippen molar-refractivity contribution >= 4 is 17.5 Å². The van der Waals surface area contributed by atoms with E-state index in [0.29, 0.717) is 16.5 Å². The normalized spacial score (nSPS) is 15.5. The van der Waals surface area contributed by atoms with Crippen LogP contribution in [0.5, 0.6) is 0 Å². The highest BCUT2D eigenvalue weighted by Gasteiger charge is 2.26. The Labute approximate surface area is 128 Å². The zero-order chi connectivity index (χ0) is 14.8. The predicted octanol–water partition coefficient (Wildman–Crippen LogP) is 3.50. The van der Waals surface area contributed by atoms with Crippen LogP contribution in [0.3, 0.4) is 0 Å². The van der Waals surface area contributed by atoms with E-state index in [4.69, 9.17) is 11.6 Å². The molecule has 4 nitrogen and oxygen atoms in total. The maximum Gasteiger partial charge on any atom is 0.254 e. The summed E-state index contributed by atoms with van der Waals surface area (Å²) < 4.78 is 0. The highest BCUT2D eigenvalue weighted by Crippen LogP contribution is 2.37. The fourth-order valence-electron chi connectivity index (χ4n) is 2.12. The second kappa shape index (κ2) is 5.82. The Morgan fingerprint density at radius 3 is 2.43 bits per heavy atom. The third-order valence-electron chi connectivity index (χ3n) is 3.59. The van der Waals surface area contributed by atoms with Gasteiger partial charge in [-0.05, 0) is 37.5 Å². The molecular formula is C16H16ClN3O. The zero-order valence-electron chi connectivity index (χ0n) is 11.7. The van der Waals surface area contributed by atoms with Crippen molar-refractivity contribution in [2.45, 2.75) is 31.7 Å². The maximum absolute atomic E-state index is 12.2. The molecule has 0 bridgehead atoms. The first-order valence-corrected chi connectivity index (χ1v) is 7.39. The molecule has 1 amide bonds. The van der Waals surface area contributed by atoms with Gasteiger partial charge in [0.1, 0.15) is 5.82 Å². The van der Waals surface area contributed by atoms with Crippen LogP contribution in [0.4, 0.5) is 0 Å². The minimum absolute atomic E-state index is 0.0992. The number of rotatable bonds is 4. The van der Waals surface area contributed by atoms with Crippen molar-refractivity contribution in [1.82, 2.24) is 15.3 Å². The Morgan fingerprint density at radius 2 is 1.86 bits per heavy atom. The van der Waals surface area contributed by atoms with Crippen LogP contribution in [0.15, 0.2) is 36.7 Å². The number of aromatic nitrogens is 2. The molecule has 1 N–H and O–H groups in total. The van der Waals surface area contributed by atoms with Crippen molar-refractivity contribution < 1.29 is 4.79 Å². The summed E-state index contributed by atoms with van der Waals surface area (Å²) in [4.78, 5) is 20.7. The lowest BCUT2D eigenvalue weighted by molar-refractivity contribution is 0.0939. The van der Waals surface area contributed by atoms with Crippen molar-refractivity contribution in [1.29, 1.82) is 0 Å². The molecule has 21 heavy (non-hydrogen) atoms. The average Bonchev–Trinajstić information content (AvgIpc) is 3.32. The molecular weight excluding hydrogens is 286 g/mol. The number of carbonyl (C=O) groups excluding carboxylic acids is 1. The van der Waals surface area contributed by atoms with Crippen LogP contribution in [0.2, 0.25) is 5.02 Å². The average molecular weight is 302 g/mol. The Kier molecular flexibility index (Phi) is 3.88. The van der Waals surface area contributed by atoms with Gasteiger partial charge in [-0.2, -0.15) is 0 Å². The van der Waals surface area contributed by atoms with Gasteiger partial charge in [-0.25, -0.2) is 9.97 Å². The zero-order valence-corrected chi connectivity index (χ0v) is 12.5. The van der Waals surface area contributed by atoms with E-state index in [1.165, 1.54) is 0 Å². The Morgan fingerprint density at radius 1 is 1.24 bits per heavy atom. The summed E-state index contributed by atoms with van der Waals surface area (Å²) in [7, 11) is 0. The van der Waals surface area contributed by atoms with E-state index in [-0.39, 0.29) is 11.9 Å². The molecule has 1 fully saturated rings. The monoisotopic (exact) mass is 301 g/mol. The number of carbonyl (C=O) groups is 1. The Hall–Kier alpha value is -1.94. The molecule has 1 heterocycles. The first-order chi connectivity index (χ1) is 10.1. The molecule has 1 aliphatic carbocycles. The van der Waals surface area contributed by atoms with Crippen molar-refractivity contribution in [3.05, 3.63) is 58.6 Å². The summed E-state index contributed by atoms with van der Waals surface area (Å²) in [6, 6.07) is 7.33. The van der Waals surface area contributed by atoms with E-state index >= 15 is 0 Å². The number of nitrogens with one attached hydrogen (secondary N) is 1. The van der Waals surface area contributed by atoms with Gasteiger partial charge in [0.2, 0.25) is 0 Å². The summed E-state index contributed by atoms with van der Waals surface area (Å²) in [6.07, 6.45) is 5.51. The van der Waals surface area contributed by atoms with Crippen LogP contribution in [0.25, 0.3) is 0 Å². The first kappa shape index (κ1) is 14.0. The van der Waals surface area contributed by atoms with Crippen LogP contribution in [0, 0.1) is 0 Å². The van der Waals surface area contributed by atoms with Crippen LogP contribution < -0.4 is 5.32 Å². The summed E-state index contributed by atoms with van der Waals surface area (Å²) in [5, 5.41) is 3.62. The third kappa shape index (κ3) is 3.39. The maximum atomic E-state index is 12.2. The van der Waals surface area contributed by atoms with E-state index in [1.54, 1.807) is 12.4 Å². The molecule has 1 aromatic heterocycles. The number of benzene rings is 1. The molecule has 1 aromatic carbocycles. The summed E-state index contributed by atoms with van der Waals surface area (Å²) in [5.74, 6) is 1.17. The second-order valence-corrected chi connectivity index (χ2v) is 5.79. The lowest BCUT2D eigenvalue weighted by Crippen LogP contribution is -2.27. The molecule has 2 aromatic rings. The highest BCUT2D eigenvalue weighted by atomic mass is 35.5. The molecule has 108 valence electrons. The Balaban J connectivity index is 1.65. The van der Waals surface area contributed by atoms with Crippen molar-refractivity contribution in [2.24, 2.45) is 0 Å². The predicted molar refractivity (Wildman–Crippen MR) is 81.3 cm³/mol. The van der Waals surface area contributed by atoms with Crippen LogP contribution in [-0.4, -0.2) is 15.9 Å². The first-order valence-electron chi connectivity index (χ1n) is 7.02. The fraction of sp³-hybridized carbons (Fsp3) is 0.312. The van der Waals surface area contributed by atoms with E-state index < -0.39 is 0 Å². The molecule has 0 radical (unpaired) electrons. The molecule has 1 saturated carbocycles. The van der Waals surface area contributed by atoms with Crippen LogP contribution >= 0.6 is 11.6 Å². The number of halogens is 1. The molecule has 0 aliphatic heterocycles. The van der Waals surface area contributed by atoms with Gasteiger partial charge in [0, 0.05) is 23.3 Å².